The molecule has 0 radical (unpaired) electrons. The molecule has 0 heterocycles. The summed E-state index contributed by atoms with van der Waals surface area (Å²) in [5, 5.41) is 21.0. The minimum absolute atomic E-state index is 0.0140. The van der Waals surface area contributed by atoms with Crippen LogP contribution in [0, 0.1) is 5.92 Å². The molecule has 27 heavy (non-hydrogen) atoms. The number of aliphatic hydroxyl groups is 2. The van der Waals surface area contributed by atoms with Crippen molar-refractivity contribution in [1.82, 2.24) is 0 Å². The van der Waals surface area contributed by atoms with Gasteiger partial charge in [0.2, 0.25) is 0 Å². The molecule has 0 aliphatic heterocycles. The lowest BCUT2D eigenvalue weighted by molar-refractivity contribution is 0.154. The topological polar surface area (TPSA) is 40.5 Å². The van der Waals surface area contributed by atoms with Crippen molar-refractivity contribution in [2.24, 2.45) is 5.92 Å². The molecule has 1 fully saturated rings. The number of aliphatic hydroxyl groups excluding tert-OH is 2. The van der Waals surface area contributed by atoms with Crippen LogP contribution in [0.4, 0.5) is 0 Å². The van der Waals surface area contributed by atoms with E-state index in [0.29, 0.717) is 6.42 Å². The average Bonchev–Trinajstić information content (AvgIpc) is 2.95. The van der Waals surface area contributed by atoms with Gasteiger partial charge in [-0.1, -0.05) is 82.4 Å². The molecule has 1 saturated carbocycles. The molecule has 2 nitrogen and oxygen atoms in total. The van der Waals surface area contributed by atoms with Crippen molar-refractivity contribution in [2.45, 2.75) is 95.1 Å². The van der Waals surface area contributed by atoms with E-state index in [-0.39, 0.29) is 23.3 Å². The highest BCUT2D eigenvalue weighted by molar-refractivity contribution is 6.21. The second-order valence-electron chi connectivity index (χ2n) is 8.04. The quantitative estimate of drug-likeness (QED) is 0.256. The molecule has 1 aromatic rings. The van der Waals surface area contributed by atoms with E-state index in [9.17, 15) is 10.2 Å². The molecule has 0 spiro atoms. The molecule has 2 N–H and O–H groups in total. The molecule has 0 amide bonds. The van der Waals surface area contributed by atoms with Crippen molar-refractivity contribution in [3.05, 3.63) is 47.5 Å². The summed E-state index contributed by atoms with van der Waals surface area (Å²) in [5.74, 6) is 0.342. The van der Waals surface area contributed by atoms with Gasteiger partial charge >= 0.3 is 0 Å². The van der Waals surface area contributed by atoms with E-state index >= 15 is 0 Å². The number of allylic oxidation sites excluding steroid dienone is 2. The van der Waals surface area contributed by atoms with E-state index in [4.69, 9.17) is 11.6 Å². The van der Waals surface area contributed by atoms with Crippen LogP contribution >= 0.6 is 11.6 Å². The zero-order valence-corrected chi connectivity index (χ0v) is 17.7. The molecule has 2 rings (SSSR count). The Balaban J connectivity index is 2.01. The Hall–Kier alpha value is -0.830. The number of unbranched alkanes of at least 4 members (excludes halogenated alkanes) is 4. The summed E-state index contributed by atoms with van der Waals surface area (Å²) >= 11 is 6.58. The van der Waals surface area contributed by atoms with Crippen molar-refractivity contribution in [1.29, 1.82) is 0 Å². The molecule has 3 heteroatoms. The molecule has 2 unspecified atom stereocenters. The molecule has 1 aromatic carbocycles. The van der Waals surface area contributed by atoms with E-state index in [0.717, 1.165) is 43.2 Å². The Morgan fingerprint density at radius 3 is 2.44 bits per heavy atom. The third kappa shape index (κ3) is 6.62. The van der Waals surface area contributed by atoms with Gasteiger partial charge in [0, 0.05) is 11.3 Å². The van der Waals surface area contributed by atoms with Crippen molar-refractivity contribution < 1.29 is 10.2 Å². The molecule has 1 aliphatic carbocycles. The highest BCUT2D eigenvalue weighted by Gasteiger charge is 2.41. The first-order chi connectivity index (χ1) is 13.1. The van der Waals surface area contributed by atoms with Crippen LogP contribution < -0.4 is 0 Å². The van der Waals surface area contributed by atoms with Gasteiger partial charge in [0.05, 0.1) is 12.2 Å². The molecule has 5 atom stereocenters. The molecule has 0 saturated heterocycles. The van der Waals surface area contributed by atoms with Crippen molar-refractivity contribution in [3.63, 3.8) is 0 Å². The fraction of sp³-hybridized carbons (Fsp3) is 0.667. The van der Waals surface area contributed by atoms with Gasteiger partial charge in [0.25, 0.3) is 0 Å². The first kappa shape index (κ1) is 22.5. The van der Waals surface area contributed by atoms with Gasteiger partial charge in [-0.2, -0.15) is 0 Å². The van der Waals surface area contributed by atoms with E-state index < -0.39 is 6.10 Å². The highest BCUT2D eigenvalue weighted by Crippen LogP contribution is 2.45. The maximum absolute atomic E-state index is 10.6. The zero-order chi connectivity index (χ0) is 19.6. The van der Waals surface area contributed by atoms with Gasteiger partial charge in [-0.25, -0.2) is 0 Å². The number of halogens is 1. The molecular formula is C24H37ClO2. The Labute approximate surface area is 170 Å². The summed E-state index contributed by atoms with van der Waals surface area (Å²) in [6.45, 7) is 4.38. The Kier molecular flexibility index (Phi) is 9.89. The predicted octanol–water partition coefficient (Wildman–Crippen LogP) is 6.51. The van der Waals surface area contributed by atoms with Crippen molar-refractivity contribution in [3.8, 4) is 0 Å². The molecule has 152 valence electrons. The molecule has 0 bridgehead atoms. The van der Waals surface area contributed by atoms with E-state index in [1.165, 1.54) is 19.3 Å². The van der Waals surface area contributed by atoms with Gasteiger partial charge in [0.15, 0.2) is 0 Å². The first-order valence-corrected chi connectivity index (χ1v) is 11.3. The van der Waals surface area contributed by atoms with Crippen LogP contribution in [0.3, 0.4) is 0 Å². The van der Waals surface area contributed by atoms with Crippen LogP contribution in [0.25, 0.3) is 0 Å². The van der Waals surface area contributed by atoms with Gasteiger partial charge in [-0.15, -0.1) is 11.6 Å². The lowest BCUT2D eigenvalue weighted by atomic mass is 9.84. The third-order valence-electron chi connectivity index (χ3n) is 5.89. The zero-order valence-electron chi connectivity index (χ0n) is 17.0. The average molecular weight is 393 g/mol. The fourth-order valence-corrected chi connectivity index (χ4v) is 4.66. The maximum Gasteiger partial charge on any atom is 0.0790 e. The number of benzene rings is 1. The minimum Gasteiger partial charge on any atom is -0.392 e. The second kappa shape index (κ2) is 11.9. The van der Waals surface area contributed by atoms with Gasteiger partial charge in [-0.3, -0.25) is 0 Å². The summed E-state index contributed by atoms with van der Waals surface area (Å²) in [6, 6.07) is 8.20. The van der Waals surface area contributed by atoms with Crippen LogP contribution in [-0.2, 0) is 0 Å². The Morgan fingerprint density at radius 1 is 1.07 bits per heavy atom. The van der Waals surface area contributed by atoms with Gasteiger partial charge in [-0.05, 0) is 42.7 Å². The summed E-state index contributed by atoms with van der Waals surface area (Å²) < 4.78 is 0. The molecular weight excluding hydrogens is 356 g/mol. The predicted molar refractivity (Wildman–Crippen MR) is 115 cm³/mol. The number of hydrogen-bond acceptors (Lipinski definition) is 2. The van der Waals surface area contributed by atoms with Crippen LogP contribution in [0.15, 0.2) is 36.4 Å². The van der Waals surface area contributed by atoms with E-state index in [1.54, 1.807) is 0 Å². The summed E-state index contributed by atoms with van der Waals surface area (Å²) in [4.78, 5) is 0. The fourth-order valence-electron chi connectivity index (χ4n) is 4.21. The van der Waals surface area contributed by atoms with Crippen molar-refractivity contribution in [2.75, 3.05) is 0 Å². The highest BCUT2D eigenvalue weighted by atomic mass is 35.5. The number of rotatable bonds is 11. The summed E-state index contributed by atoms with van der Waals surface area (Å²) in [7, 11) is 0. The molecule has 0 aromatic heterocycles. The monoisotopic (exact) mass is 392 g/mol. The normalized spacial score (nSPS) is 26.7. The van der Waals surface area contributed by atoms with Crippen LogP contribution in [-0.4, -0.2) is 21.7 Å². The lowest BCUT2D eigenvalue weighted by Crippen LogP contribution is -2.18. The third-order valence-corrected chi connectivity index (χ3v) is 6.40. The summed E-state index contributed by atoms with van der Waals surface area (Å²) in [5.41, 5.74) is 2.11. The number of alkyl halides is 1. The van der Waals surface area contributed by atoms with E-state index in [1.807, 2.05) is 12.1 Å². The number of hydrogen-bond donors (Lipinski definition) is 2. The van der Waals surface area contributed by atoms with Gasteiger partial charge < -0.3 is 10.2 Å². The Bertz CT molecular complexity index is 554. The molecule has 1 aliphatic rings. The van der Waals surface area contributed by atoms with Crippen molar-refractivity contribution >= 4 is 11.6 Å². The van der Waals surface area contributed by atoms with E-state index in [2.05, 4.69) is 38.1 Å². The van der Waals surface area contributed by atoms with Crippen LogP contribution in [0.5, 0.6) is 0 Å². The summed E-state index contributed by atoms with van der Waals surface area (Å²) in [6.07, 6.45) is 13.0. The lowest BCUT2D eigenvalue weighted by Gasteiger charge is -2.23. The standard InChI is InChI=1S/C24H37ClO2/c1-3-5-7-8-10-11-20-21(25)17-23(27)24(20)19-15-13-18(14-16-19)22(26)12-9-6-4-2/h8,10,13-16,20-24,26-27H,3-7,9,11-12,17H2,1-2H3/b10-8-/t20?,21-,22?,23-,24-/m1/s1. The Morgan fingerprint density at radius 2 is 1.78 bits per heavy atom. The van der Waals surface area contributed by atoms with Gasteiger partial charge in [0.1, 0.15) is 0 Å². The largest absolute Gasteiger partial charge is 0.392 e. The second-order valence-corrected chi connectivity index (χ2v) is 8.60. The minimum atomic E-state index is -0.392. The first-order valence-electron chi connectivity index (χ1n) is 10.8. The van der Waals surface area contributed by atoms with Crippen LogP contribution in [0.1, 0.15) is 94.8 Å². The maximum atomic E-state index is 10.6. The SMILES string of the molecule is CCCC/C=C\CC1[C@H](Cl)C[C@@H](O)[C@@H]1c1ccc(C(O)CCCCC)cc1. The smallest absolute Gasteiger partial charge is 0.0790 e. The van der Waals surface area contributed by atoms with Crippen LogP contribution in [0.2, 0.25) is 0 Å².